The van der Waals surface area contributed by atoms with E-state index in [1.54, 1.807) is 28.8 Å². The number of aryl methyl sites for hydroxylation is 1. The second kappa shape index (κ2) is 9.57. The molecule has 8 heteroatoms. The first-order valence-electron chi connectivity index (χ1n) is 10.2. The molecule has 0 bridgehead atoms. The lowest BCUT2D eigenvalue weighted by atomic mass is 10.1. The van der Waals surface area contributed by atoms with Gasteiger partial charge >= 0.3 is 5.97 Å². The maximum atomic E-state index is 14.1. The van der Waals surface area contributed by atoms with Crippen LogP contribution in [0.25, 0.3) is 16.9 Å². The highest BCUT2D eigenvalue weighted by molar-refractivity contribution is 6.31. The number of carbonyl (C=O) groups is 1. The Bertz CT molecular complexity index is 1360. The quantitative estimate of drug-likeness (QED) is 0.320. The molecule has 4 rings (SSSR count). The number of phenols is 1. The molecule has 34 heavy (non-hydrogen) atoms. The normalized spacial score (nSPS) is 10.9. The number of hydrogen-bond acceptors (Lipinski definition) is 4. The number of carbonyl (C=O) groups excluding carboxylic acids is 1. The molecule has 0 saturated carbocycles. The van der Waals surface area contributed by atoms with Crippen molar-refractivity contribution >= 4 is 17.6 Å². The van der Waals surface area contributed by atoms with Gasteiger partial charge in [-0.2, -0.15) is 0 Å². The molecule has 1 aromatic heterocycles. The summed E-state index contributed by atoms with van der Waals surface area (Å²) in [5, 5.41) is 10.6. The van der Waals surface area contributed by atoms with E-state index in [-0.39, 0.29) is 23.5 Å². The van der Waals surface area contributed by atoms with Crippen LogP contribution in [0, 0.1) is 18.6 Å². The Labute approximate surface area is 199 Å². The van der Waals surface area contributed by atoms with Gasteiger partial charge in [0.15, 0.2) is 0 Å². The van der Waals surface area contributed by atoms with Gasteiger partial charge in [0.2, 0.25) is 0 Å². The van der Waals surface area contributed by atoms with Gasteiger partial charge in [0.25, 0.3) is 0 Å². The van der Waals surface area contributed by atoms with Gasteiger partial charge in [-0.05, 0) is 61.5 Å². The third-order valence-corrected chi connectivity index (χ3v) is 5.54. The maximum Gasteiger partial charge on any atom is 0.338 e. The number of ether oxygens (including phenoxy) is 2. The van der Waals surface area contributed by atoms with Gasteiger partial charge < -0.3 is 19.1 Å². The van der Waals surface area contributed by atoms with Gasteiger partial charge in [-0.15, -0.1) is 0 Å². The largest absolute Gasteiger partial charge is 0.508 e. The maximum absolute atomic E-state index is 14.1. The molecule has 0 atom stereocenters. The fraction of sp³-hybridized carbons (Fsp3) is 0.115. The van der Waals surface area contributed by atoms with Gasteiger partial charge in [-0.25, -0.2) is 13.6 Å². The van der Waals surface area contributed by atoms with Crippen LogP contribution in [0.3, 0.4) is 0 Å². The number of aromatic nitrogens is 1. The number of esters is 1. The van der Waals surface area contributed by atoms with Crippen LogP contribution in [-0.4, -0.2) is 22.8 Å². The average molecular weight is 484 g/mol. The second-order valence-corrected chi connectivity index (χ2v) is 7.99. The highest BCUT2D eigenvalue weighted by Gasteiger charge is 2.18. The molecule has 0 spiro atoms. The predicted octanol–water partition coefficient (Wildman–Crippen LogP) is 6.46. The number of benzene rings is 3. The Hall–Kier alpha value is -3.84. The molecule has 4 aromatic rings. The molecule has 1 N–H and O–H groups in total. The van der Waals surface area contributed by atoms with E-state index in [9.17, 15) is 18.7 Å². The summed E-state index contributed by atoms with van der Waals surface area (Å²) >= 11 is 6.26. The number of nitrogens with zero attached hydrogens (tertiary/aromatic N) is 1. The fourth-order valence-electron chi connectivity index (χ4n) is 3.70. The van der Waals surface area contributed by atoms with Crippen LogP contribution in [0.1, 0.15) is 21.6 Å². The minimum absolute atomic E-state index is 0.116. The van der Waals surface area contributed by atoms with Crippen molar-refractivity contribution in [3.05, 3.63) is 100 Å². The van der Waals surface area contributed by atoms with Crippen molar-refractivity contribution in [1.82, 2.24) is 4.57 Å². The Morgan fingerprint density at radius 1 is 1.03 bits per heavy atom. The monoisotopic (exact) mass is 483 g/mol. The molecule has 0 amide bonds. The number of phenolic OH excluding ortho intramolecular Hbond substituents is 1. The zero-order chi connectivity index (χ0) is 24.4. The van der Waals surface area contributed by atoms with E-state index < -0.39 is 17.6 Å². The molecule has 3 aromatic carbocycles. The zero-order valence-corrected chi connectivity index (χ0v) is 19.1. The average Bonchev–Trinajstić information content (AvgIpc) is 3.19. The lowest BCUT2D eigenvalue weighted by Crippen LogP contribution is -2.06. The van der Waals surface area contributed by atoms with Crippen molar-refractivity contribution in [3.8, 4) is 28.4 Å². The lowest BCUT2D eigenvalue weighted by molar-refractivity contribution is 0.0600. The summed E-state index contributed by atoms with van der Waals surface area (Å²) in [5.41, 5.74) is 2.47. The molecule has 0 unspecified atom stereocenters. The summed E-state index contributed by atoms with van der Waals surface area (Å²) in [6.07, 6.45) is 0. The molecule has 0 fully saturated rings. The van der Waals surface area contributed by atoms with E-state index in [4.69, 9.17) is 21.1 Å². The summed E-state index contributed by atoms with van der Waals surface area (Å²) in [4.78, 5) is 12.1. The first kappa shape index (κ1) is 23.3. The third kappa shape index (κ3) is 4.61. The standard InChI is InChI=1S/C26H20ClF2NO4/c1-15-6-8-24(30(15)18-10-16(26(32)33-2)11-19(31)13-18)20-12-17(27)7-9-25(20)34-14-21-22(28)4-3-5-23(21)29/h3-13,31H,14H2,1-2H3. The third-order valence-electron chi connectivity index (χ3n) is 5.31. The predicted molar refractivity (Wildman–Crippen MR) is 125 cm³/mol. The molecular weight excluding hydrogens is 464 g/mol. The molecule has 0 saturated heterocycles. The van der Waals surface area contributed by atoms with E-state index in [1.165, 1.54) is 37.4 Å². The molecule has 1 heterocycles. The van der Waals surface area contributed by atoms with Gasteiger partial charge in [-0.1, -0.05) is 17.7 Å². The highest BCUT2D eigenvalue weighted by Crippen LogP contribution is 2.37. The van der Waals surface area contributed by atoms with Crippen LogP contribution in [-0.2, 0) is 11.3 Å². The molecule has 0 radical (unpaired) electrons. The van der Waals surface area contributed by atoms with Crippen LogP contribution >= 0.6 is 11.6 Å². The van der Waals surface area contributed by atoms with Crippen LogP contribution < -0.4 is 4.74 Å². The number of methoxy groups -OCH3 is 1. The summed E-state index contributed by atoms with van der Waals surface area (Å²) in [7, 11) is 1.26. The smallest absolute Gasteiger partial charge is 0.338 e. The number of rotatable bonds is 6. The minimum atomic E-state index is -0.704. The fourth-order valence-corrected chi connectivity index (χ4v) is 3.87. The Balaban J connectivity index is 1.80. The Morgan fingerprint density at radius 2 is 1.76 bits per heavy atom. The number of aromatic hydroxyl groups is 1. The van der Waals surface area contributed by atoms with E-state index >= 15 is 0 Å². The molecule has 0 aliphatic carbocycles. The summed E-state index contributed by atoms with van der Waals surface area (Å²) in [5.74, 6) is -1.77. The summed E-state index contributed by atoms with van der Waals surface area (Å²) < 4.78 is 40.6. The molecule has 5 nitrogen and oxygen atoms in total. The topological polar surface area (TPSA) is 60.7 Å². The van der Waals surface area contributed by atoms with E-state index in [1.807, 2.05) is 19.1 Å². The van der Waals surface area contributed by atoms with Crippen molar-refractivity contribution < 1.29 is 28.2 Å². The van der Waals surface area contributed by atoms with Gasteiger partial charge in [0, 0.05) is 22.3 Å². The first-order valence-corrected chi connectivity index (χ1v) is 10.6. The Morgan fingerprint density at radius 3 is 2.47 bits per heavy atom. The van der Waals surface area contributed by atoms with Crippen molar-refractivity contribution in [1.29, 1.82) is 0 Å². The Kier molecular flexibility index (Phi) is 6.56. The van der Waals surface area contributed by atoms with Crippen LogP contribution in [0.15, 0.2) is 66.7 Å². The van der Waals surface area contributed by atoms with Crippen LogP contribution in [0.4, 0.5) is 8.78 Å². The van der Waals surface area contributed by atoms with Crippen molar-refractivity contribution in [2.24, 2.45) is 0 Å². The second-order valence-electron chi connectivity index (χ2n) is 7.55. The molecule has 0 aliphatic rings. The van der Waals surface area contributed by atoms with Gasteiger partial charge in [0.05, 0.1) is 29.6 Å². The molecule has 174 valence electrons. The van der Waals surface area contributed by atoms with Crippen LogP contribution in [0.2, 0.25) is 5.02 Å². The van der Waals surface area contributed by atoms with Gasteiger partial charge in [0.1, 0.15) is 29.7 Å². The zero-order valence-electron chi connectivity index (χ0n) is 18.3. The highest BCUT2D eigenvalue weighted by atomic mass is 35.5. The number of hydrogen-bond donors (Lipinski definition) is 1. The van der Waals surface area contributed by atoms with Gasteiger partial charge in [-0.3, -0.25) is 0 Å². The minimum Gasteiger partial charge on any atom is -0.508 e. The van der Waals surface area contributed by atoms with E-state index in [0.717, 1.165) is 5.69 Å². The molecular formula is C26H20ClF2NO4. The van der Waals surface area contributed by atoms with Crippen molar-refractivity contribution in [2.75, 3.05) is 7.11 Å². The first-order chi connectivity index (χ1) is 16.3. The molecule has 0 aliphatic heterocycles. The summed E-state index contributed by atoms with van der Waals surface area (Å²) in [6, 6.07) is 16.6. The summed E-state index contributed by atoms with van der Waals surface area (Å²) in [6.45, 7) is 1.52. The van der Waals surface area contributed by atoms with E-state index in [2.05, 4.69) is 0 Å². The van der Waals surface area contributed by atoms with E-state index in [0.29, 0.717) is 27.7 Å². The SMILES string of the molecule is COC(=O)c1cc(O)cc(-n2c(C)ccc2-c2cc(Cl)ccc2OCc2c(F)cccc2F)c1. The van der Waals surface area contributed by atoms with Crippen molar-refractivity contribution in [3.63, 3.8) is 0 Å². The van der Waals surface area contributed by atoms with Crippen LogP contribution in [0.5, 0.6) is 11.5 Å². The van der Waals surface area contributed by atoms with Crippen molar-refractivity contribution in [2.45, 2.75) is 13.5 Å². The number of halogens is 3. The lowest BCUT2D eigenvalue weighted by Gasteiger charge is -2.17.